The Morgan fingerprint density at radius 2 is 1.88 bits per heavy atom. The number of nitrogens with one attached hydrogen (secondary N) is 1. The summed E-state index contributed by atoms with van der Waals surface area (Å²) in [4.78, 5) is 38.7. The number of hydrogen-bond donors (Lipinski definition) is 1. The third-order valence-corrected chi connectivity index (χ3v) is 4.96. The molecule has 0 fully saturated rings. The normalized spacial score (nSPS) is 20.2. The van der Waals surface area contributed by atoms with Crippen molar-refractivity contribution in [3.63, 3.8) is 0 Å². The van der Waals surface area contributed by atoms with Crippen molar-refractivity contribution in [3.05, 3.63) is 59.0 Å². The van der Waals surface area contributed by atoms with Gasteiger partial charge in [-0.3, -0.25) is 19.3 Å². The van der Waals surface area contributed by atoms with Crippen LogP contribution in [0.25, 0.3) is 0 Å². The van der Waals surface area contributed by atoms with Gasteiger partial charge < -0.3 is 9.73 Å². The lowest BCUT2D eigenvalue weighted by Crippen LogP contribution is -2.48. The largest absolute Gasteiger partial charge is 0.469 e. The number of rotatable bonds is 3. The standard InChI is InChI=1S/C19H18N2O4/c1-11(21-18(23)12-5-2-3-6-13(12)19(21)24)17(22)20-15-7-4-8-16-14(15)9-10-25-16/h2-3,5-6,9-11,15H,4,7-8H2,1H3,(H,20,22)/t11-,15+/m1/s1. The number of hydrogen-bond acceptors (Lipinski definition) is 4. The lowest BCUT2D eigenvalue weighted by atomic mass is 9.93. The first kappa shape index (κ1) is 15.6. The summed E-state index contributed by atoms with van der Waals surface area (Å²) in [6, 6.07) is 7.49. The van der Waals surface area contributed by atoms with E-state index < -0.39 is 17.9 Å². The van der Waals surface area contributed by atoms with E-state index in [4.69, 9.17) is 4.42 Å². The zero-order valence-corrected chi connectivity index (χ0v) is 13.8. The van der Waals surface area contributed by atoms with E-state index in [-0.39, 0.29) is 11.9 Å². The smallest absolute Gasteiger partial charge is 0.262 e. The van der Waals surface area contributed by atoms with Gasteiger partial charge in [-0.25, -0.2) is 0 Å². The molecule has 0 bridgehead atoms. The van der Waals surface area contributed by atoms with Crippen LogP contribution in [0, 0.1) is 0 Å². The molecule has 25 heavy (non-hydrogen) atoms. The minimum Gasteiger partial charge on any atom is -0.469 e. The fourth-order valence-electron chi connectivity index (χ4n) is 3.61. The molecule has 1 aromatic heterocycles. The van der Waals surface area contributed by atoms with Crippen LogP contribution in [0.3, 0.4) is 0 Å². The van der Waals surface area contributed by atoms with Crippen LogP contribution in [0.4, 0.5) is 0 Å². The van der Waals surface area contributed by atoms with Gasteiger partial charge in [0.05, 0.1) is 23.4 Å². The molecule has 0 radical (unpaired) electrons. The van der Waals surface area contributed by atoms with E-state index in [9.17, 15) is 14.4 Å². The number of carbonyl (C=O) groups excluding carboxylic acids is 3. The van der Waals surface area contributed by atoms with Gasteiger partial charge in [-0.15, -0.1) is 0 Å². The van der Waals surface area contributed by atoms with Gasteiger partial charge in [0.15, 0.2) is 0 Å². The van der Waals surface area contributed by atoms with E-state index in [1.54, 1.807) is 37.5 Å². The van der Waals surface area contributed by atoms with E-state index >= 15 is 0 Å². The first-order valence-electron chi connectivity index (χ1n) is 8.41. The summed E-state index contributed by atoms with van der Waals surface area (Å²) in [5.41, 5.74) is 1.68. The van der Waals surface area contributed by atoms with Crippen LogP contribution < -0.4 is 5.32 Å². The molecule has 1 aliphatic heterocycles. The van der Waals surface area contributed by atoms with Gasteiger partial charge in [0.1, 0.15) is 11.8 Å². The summed E-state index contributed by atoms with van der Waals surface area (Å²) in [6.07, 6.45) is 4.23. The average molecular weight is 338 g/mol. The Morgan fingerprint density at radius 3 is 2.56 bits per heavy atom. The van der Waals surface area contributed by atoms with Crippen molar-refractivity contribution in [2.24, 2.45) is 0 Å². The number of furan rings is 1. The van der Waals surface area contributed by atoms with Crippen molar-refractivity contribution in [1.29, 1.82) is 0 Å². The first-order chi connectivity index (χ1) is 12.1. The molecule has 3 amide bonds. The number of carbonyl (C=O) groups is 3. The fourth-order valence-corrected chi connectivity index (χ4v) is 3.61. The zero-order chi connectivity index (χ0) is 17.6. The Hall–Kier alpha value is -2.89. The summed E-state index contributed by atoms with van der Waals surface area (Å²) in [7, 11) is 0. The maximum atomic E-state index is 12.7. The van der Waals surface area contributed by atoms with Crippen molar-refractivity contribution in [2.45, 2.75) is 38.3 Å². The molecule has 6 heteroatoms. The monoisotopic (exact) mass is 338 g/mol. The van der Waals surface area contributed by atoms with Crippen molar-refractivity contribution in [1.82, 2.24) is 10.2 Å². The van der Waals surface area contributed by atoms with Gasteiger partial charge in [0.2, 0.25) is 5.91 Å². The van der Waals surface area contributed by atoms with Crippen LogP contribution >= 0.6 is 0 Å². The van der Waals surface area contributed by atoms with Crippen molar-refractivity contribution in [3.8, 4) is 0 Å². The lowest BCUT2D eigenvalue weighted by Gasteiger charge is -2.27. The predicted molar refractivity (Wildman–Crippen MR) is 88.9 cm³/mol. The van der Waals surface area contributed by atoms with E-state index in [0.717, 1.165) is 35.5 Å². The van der Waals surface area contributed by atoms with Crippen molar-refractivity contribution in [2.75, 3.05) is 0 Å². The summed E-state index contributed by atoms with van der Waals surface area (Å²) < 4.78 is 5.43. The highest BCUT2D eigenvalue weighted by atomic mass is 16.3. The second-order valence-electron chi connectivity index (χ2n) is 6.45. The molecular formula is C19H18N2O4. The molecule has 1 N–H and O–H groups in total. The lowest BCUT2D eigenvalue weighted by molar-refractivity contribution is -0.125. The number of nitrogens with zero attached hydrogens (tertiary/aromatic N) is 1. The molecule has 1 aromatic carbocycles. The summed E-state index contributed by atoms with van der Waals surface area (Å²) in [5, 5.41) is 2.96. The minimum absolute atomic E-state index is 0.146. The predicted octanol–water partition coefficient (Wildman–Crippen LogP) is 2.46. The van der Waals surface area contributed by atoms with Crippen LogP contribution in [-0.2, 0) is 11.2 Å². The van der Waals surface area contributed by atoms with E-state index in [0.29, 0.717) is 11.1 Å². The molecule has 0 saturated heterocycles. The molecule has 2 aliphatic rings. The van der Waals surface area contributed by atoms with Crippen LogP contribution in [0.15, 0.2) is 41.0 Å². The maximum Gasteiger partial charge on any atom is 0.262 e. The topological polar surface area (TPSA) is 79.6 Å². The molecule has 0 unspecified atom stereocenters. The van der Waals surface area contributed by atoms with E-state index in [1.807, 2.05) is 6.07 Å². The number of imide groups is 1. The highest BCUT2D eigenvalue weighted by Crippen LogP contribution is 2.31. The second kappa shape index (κ2) is 5.88. The molecule has 6 nitrogen and oxygen atoms in total. The molecule has 2 atom stereocenters. The highest BCUT2D eigenvalue weighted by molar-refractivity contribution is 6.22. The van der Waals surface area contributed by atoms with Gasteiger partial charge in [-0.1, -0.05) is 12.1 Å². The number of aryl methyl sites for hydroxylation is 1. The Bertz CT molecular complexity index is 835. The molecular weight excluding hydrogens is 320 g/mol. The Balaban J connectivity index is 1.53. The molecule has 0 saturated carbocycles. The van der Waals surface area contributed by atoms with Crippen LogP contribution in [0.2, 0.25) is 0 Å². The van der Waals surface area contributed by atoms with Gasteiger partial charge in [0.25, 0.3) is 11.8 Å². The molecule has 1 aliphatic carbocycles. The number of amides is 3. The summed E-state index contributed by atoms with van der Waals surface area (Å²) in [6.45, 7) is 1.58. The van der Waals surface area contributed by atoms with Crippen LogP contribution in [0.1, 0.15) is 57.8 Å². The molecule has 2 heterocycles. The quantitative estimate of drug-likeness (QED) is 0.872. The van der Waals surface area contributed by atoms with Crippen molar-refractivity contribution < 1.29 is 18.8 Å². The average Bonchev–Trinajstić information content (AvgIpc) is 3.19. The molecule has 4 rings (SSSR count). The summed E-state index contributed by atoms with van der Waals surface area (Å²) in [5.74, 6) is -0.287. The Morgan fingerprint density at radius 1 is 1.20 bits per heavy atom. The van der Waals surface area contributed by atoms with E-state index in [1.165, 1.54) is 0 Å². The molecule has 2 aromatic rings. The van der Waals surface area contributed by atoms with Gasteiger partial charge in [-0.05, 0) is 38.0 Å². The van der Waals surface area contributed by atoms with Crippen LogP contribution in [-0.4, -0.2) is 28.7 Å². The van der Waals surface area contributed by atoms with Gasteiger partial charge >= 0.3 is 0 Å². The van der Waals surface area contributed by atoms with Crippen LogP contribution in [0.5, 0.6) is 0 Å². The second-order valence-corrected chi connectivity index (χ2v) is 6.45. The first-order valence-corrected chi connectivity index (χ1v) is 8.41. The van der Waals surface area contributed by atoms with Crippen molar-refractivity contribution >= 4 is 17.7 Å². The minimum atomic E-state index is -0.871. The number of fused-ring (bicyclic) bond motifs is 2. The fraction of sp³-hybridized carbons (Fsp3) is 0.316. The highest BCUT2D eigenvalue weighted by Gasteiger charge is 2.41. The SMILES string of the molecule is C[C@H](C(=O)N[C@H]1CCCc2occc21)N1C(=O)c2ccccc2C1=O. The third-order valence-electron chi connectivity index (χ3n) is 4.96. The Labute approximate surface area is 144 Å². The molecule has 128 valence electrons. The van der Waals surface area contributed by atoms with Gasteiger partial charge in [0, 0.05) is 12.0 Å². The van der Waals surface area contributed by atoms with Gasteiger partial charge in [-0.2, -0.15) is 0 Å². The zero-order valence-electron chi connectivity index (χ0n) is 13.8. The maximum absolute atomic E-state index is 12.7. The molecule has 0 spiro atoms. The summed E-state index contributed by atoms with van der Waals surface area (Å²) >= 11 is 0. The Kier molecular flexibility index (Phi) is 3.67. The van der Waals surface area contributed by atoms with E-state index in [2.05, 4.69) is 5.32 Å². The number of benzene rings is 1. The third kappa shape index (κ3) is 2.45.